The average molecular weight is 496 g/mol. The van der Waals surface area contributed by atoms with Gasteiger partial charge in [0.2, 0.25) is 0 Å². The molecule has 0 aliphatic carbocycles. The smallest absolute Gasteiger partial charge is 0.347 e. The lowest BCUT2D eigenvalue weighted by Crippen LogP contribution is -2.40. The van der Waals surface area contributed by atoms with E-state index in [1.807, 2.05) is 0 Å². The van der Waals surface area contributed by atoms with Gasteiger partial charge in [-0.1, -0.05) is 12.1 Å². The van der Waals surface area contributed by atoms with Crippen molar-refractivity contribution in [3.63, 3.8) is 0 Å². The lowest BCUT2D eigenvalue weighted by atomic mass is 9.94. The summed E-state index contributed by atoms with van der Waals surface area (Å²) in [5, 5.41) is 2.58. The molecule has 180 valence electrons. The van der Waals surface area contributed by atoms with Crippen LogP contribution < -0.4 is 5.32 Å². The zero-order chi connectivity index (χ0) is 24.7. The van der Waals surface area contributed by atoms with Gasteiger partial charge in [-0.15, -0.1) is 0 Å². The summed E-state index contributed by atoms with van der Waals surface area (Å²) in [7, 11) is -2.34. The van der Waals surface area contributed by atoms with Crippen molar-refractivity contribution in [3.05, 3.63) is 83.6 Å². The second-order valence-electron chi connectivity index (χ2n) is 8.01. The van der Waals surface area contributed by atoms with Gasteiger partial charge in [0.15, 0.2) is 5.03 Å². The Bertz CT molecular complexity index is 1290. The van der Waals surface area contributed by atoms with Gasteiger partial charge >= 0.3 is 6.18 Å². The fourth-order valence-electron chi connectivity index (χ4n) is 3.87. The predicted molar refractivity (Wildman–Crippen MR) is 114 cm³/mol. The van der Waals surface area contributed by atoms with E-state index in [4.69, 9.17) is 0 Å². The number of benzene rings is 2. The summed E-state index contributed by atoms with van der Waals surface area (Å²) in [5.41, 5.74) is -0.281. The highest BCUT2D eigenvalue weighted by Gasteiger charge is 2.41. The maximum absolute atomic E-state index is 13.4. The lowest BCUT2D eigenvalue weighted by Gasteiger charge is -2.20. The van der Waals surface area contributed by atoms with Crippen LogP contribution in [0.2, 0.25) is 0 Å². The first-order chi connectivity index (χ1) is 15.9. The first kappa shape index (κ1) is 23.9. The van der Waals surface area contributed by atoms with Gasteiger partial charge in [-0.3, -0.25) is 4.79 Å². The molecule has 1 saturated heterocycles. The number of halogens is 4. The number of nitrogens with zero attached hydrogens (tertiary/aromatic N) is 3. The number of aryl methyl sites for hydroxylation is 1. The number of hydrogen-bond acceptors (Lipinski definition) is 4. The number of amides is 1. The van der Waals surface area contributed by atoms with E-state index >= 15 is 0 Å². The van der Waals surface area contributed by atoms with Gasteiger partial charge in [0.05, 0.1) is 17.9 Å². The molecule has 12 heteroatoms. The minimum absolute atomic E-state index is 0.00248. The third kappa shape index (κ3) is 4.82. The summed E-state index contributed by atoms with van der Waals surface area (Å²) < 4.78 is 80.7. The van der Waals surface area contributed by atoms with Crippen LogP contribution in [0, 0.1) is 5.82 Å². The molecule has 1 N–H and O–H groups in total. The van der Waals surface area contributed by atoms with Crippen molar-refractivity contribution >= 4 is 15.9 Å². The summed E-state index contributed by atoms with van der Waals surface area (Å²) in [6.07, 6.45) is -1.82. The first-order valence-corrected chi connectivity index (χ1v) is 11.6. The fraction of sp³-hybridized carbons (Fsp3) is 0.273. The molecule has 34 heavy (non-hydrogen) atoms. The van der Waals surface area contributed by atoms with Crippen molar-refractivity contribution < 1.29 is 30.8 Å². The Morgan fingerprint density at radius 1 is 1.06 bits per heavy atom. The number of alkyl halides is 3. The Morgan fingerprint density at radius 2 is 1.71 bits per heavy atom. The molecular weight excluding hydrogens is 476 g/mol. The van der Waals surface area contributed by atoms with Crippen molar-refractivity contribution in [2.75, 3.05) is 13.1 Å². The molecule has 2 unspecified atom stereocenters. The topological polar surface area (TPSA) is 84.3 Å². The second kappa shape index (κ2) is 8.84. The number of carbonyl (C=O) groups is 1. The molecule has 2 heterocycles. The minimum atomic E-state index is -4.53. The summed E-state index contributed by atoms with van der Waals surface area (Å²) in [4.78, 5) is 16.7. The quantitative estimate of drug-likeness (QED) is 0.550. The number of carbonyl (C=O) groups excluding carboxylic acids is 1. The van der Waals surface area contributed by atoms with Crippen LogP contribution in [0.25, 0.3) is 0 Å². The molecule has 0 saturated carbocycles. The molecule has 2 atom stereocenters. The number of nitrogens with one attached hydrogen (secondary N) is 1. The van der Waals surface area contributed by atoms with Gasteiger partial charge < -0.3 is 9.88 Å². The molecule has 3 aromatic rings. The molecule has 1 fully saturated rings. The highest BCUT2D eigenvalue weighted by Crippen LogP contribution is 2.32. The first-order valence-electron chi connectivity index (χ1n) is 10.2. The zero-order valence-electron chi connectivity index (χ0n) is 17.8. The van der Waals surface area contributed by atoms with Crippen molar-refractivity contribution in [2.45, 2.75) is 23.2 Å². The molecule has 0 radical (unpaired) electrons. The molecule has 2 aromatic carbocycles. The lowest BCUT2D eigenvalue weighted by molar-refractivity contribution is -0.137. The van der Waals surface area contributed by atoms with Gasteiger partial charge in [-0.05, 0) is 42.0 Å². The Hall–Kier alpha value is -3.25. The van der Waals surface area contributed by atoms with Gasteiger partial charge in [-0.25, -0.2) is 17.8 Å². The van der Waals surface area contributed by atoms with Crippen molar-refractivity contribution in [3.8, 4) is 0 Å². The zero-order valence-corrected chi connectivity index (χ0v) is 18.6. The molecule has 1 aliphatic rings. The Morgan fingerprint density at radius 3 is 2.26 bits per heavy atom. The highest BCUT2D eigenvalue weighted by molar-refractivity contribution is 7.89. The molecule has 1 aromatic heterocycles. The van der Waals surface area contributed by atoms with E-state index in [9.17, 15) is 30.8 Å². The SMILES string of the molecule is Cn1cnc(S(=O)(=O)N2CC(NC(=O)c3ccc(C(F)(F)F)cc3)C(c3ccc(F)cc3)C2)c1. The maximum Gasteiger partial charge on any atom is 0.416 e. The van der Waals surface area contributed by atoms with Gasteiger partial charge in [-0.2, -0.15) is 17.5 Å². The van der Waals surface area contributed by atoms with Gasteiger partial charge in [0.25, 0.3) is 15.9 Å². The largest absolute Gasteiger partial charge is 0.416 e. The normalized spacial score (nSPS) is 19.3. The van der Waals surface area contributed by atoms with E-state index in [1.165, 1.54) is 45.7 Å². The minimum Gasteiger partial charge on any atom is -0.347 e. The van der Waals surface area contributed by atoms with Gasteiger partial charge in [0.1, 0.15) is 5.82 Å². The molecule has 0 spiro atoms. The van der Waals surface area contributed by atoms with Crippen LogP contribution in [-0.2, 0) is 23.2 Å². The molecule has 0 bridgehead atoms. The van der Waals surface area contributed by atoms with E-state index in [0.29, 0.717) is 5.56 Å². The molecule has 7 nitrogen and oxygen atoms in total. The van der Waals surface area contributed by atoms with Crippen LogP contribution in [0.3, 0.4) is 0 Å². The number of aromatic nitrogens is 2. The van der Waals surface area contributed by atoms with Crippen LogP contribution in [-0.4, -0.2) is 47.3 Å². The fourth-order valence-corrected chi connectivity index (χ4v) is 5.33. The summed E-state index contributed by atoms with van der Waals surface area (Å²) in [6.45, 7) is -0.0875. The van der Waals surface area contributed by atoms with Crippen LogP contribution in [0.15, 0.2) is 66.1 Å². The molecular formula is C22H20F4N4O3S. The van der Waals surface area contributed by atoms with Crippen LogP contribution in [0.4, 0.5) is 17.6 Å². The van der Waals surface area contributed by atoms with E-state index in [1.54, 1.807) is 7.05 Å². The number of rotatable bonds is 5. The van der Waals surface area contributed by atoms with E-state index in [2.05, 4.69) is 10.3 Å². The summed E-state index contributed by atoms with van der Waals surface area (Å²) >= 11 is 0. The third-order valence-electron chi connectivity index (χ3n) is 5.66. The van der Waals surface area contributed by atoms with Crippen molar-refractivity contribution in [2.24, 2.45) is 7.05 Å². The number of sulfonamides is 1. The number of hydrogen-bond donors (Lipinski definition) is 1. The predicted octanol–water partition coefficient (Wildman–Crippen LogP) is 3.16. The van der Waals surface area contributed by atoms with E-state index in [-0.39, 0.29) is 23.7 Å². The average Bonchev–Trinajstić information content (AvgIpc) is 3.41. The van der Waals surface area contributed by atoms with Crippen LogP contribution in [0.1, 0.15) is 27.4 Å². The van der Waals surface area contributed by atoms with Crippen molar-refractivity contribution in [1.29, 1.82) is 0 Å². The number of imidazole rings is 1. The summed E-state index contributed by atoms with van der Waals surface area (Å²) in [5.74, 6) is -1.63. The summed E-state index contributed by atoms with van der Waals surface area (Å²) in [6, 6.07) is 8.50. The Labute approximate surface area is 193 Å². The Kier molecular flexibility index (Phi) is 6.21. The van der Waals surface area contributed by atoms with Crippen LogP contribution in [0.5, 0.6) is 0 Å². The molecule has 1 aliphatic heterocycles. The third-order valence-corrected chi connectivity index (χ3v) is 7.38. The monoisotopic (exact) mass is 496 g/mol. The van der Waals surface area contributed by atoms with Crippen molar-refractivity contribution in [1.82, 2.24) is 19.2 Å². The van der Waals surface area contributed by atoms with E-state index < -0.39 is 45.4 Å². The van der Waals surface area contributed by atoms with Gasteiger partial charge in [0, 0.05) is 37.8 Å². The van der Waals surface area contributed by atoms with E-state index in [0.717, 1.165) is 24.3 Å². The highest BCUT2D eigenvalue weighted by atomic mass is 32.2. The molecule has 4 rings (SSSR count). The Balaban J connectivity index is 1.60. The maximum atomic E-state index is 13.4. The standard InChI is InChI=1S/C22H20F4N4O3S/c1-29-12-20(27-13-29)34(32,33)30-10-18(14-4-8-17(23)9-5-14)19(11-30)28-21(31)15-2-6-16(7-3-15)22(24,25)26/h2-9,12-13,18-19H,10-11H2,1H3,(H,28,31). The second-order valence-corrected chi connectivity index (χ2v) is 9.90. The molecule has 1 amide bonds. The van der Waals surface area contributed by atoms with Crippen LogP contribution >= 0.6 is 0 Å².